The van der Waals surface area contributed by atoms with Gasteiger partial charge in [-0.25, -0.2) is 0 Å². The number of hydrogen-bond acceptors (Lipinski definition) is 2. The van der Waals surface area contributed by atoms with Gasteiger partial charge in [-0.05, 0) is 39.8 Å². The summed E-state index contributed by atoms with van der Waals surface area (Å²) in [6, 6.07) is 0.737. The van der Waals surface area contributed by atoms with E-state index in [2.05, 4.69) is 37.1 Å². The Balaban J connectivity index is 2.26. The third-order valence-corrected chi connectivity index (χ3v) is 2.85. The largest absolute Gasteiger partial charge is 0.313 e. The van der Waals surface area contributed by atoms with Crippen LogP contribution < -0.4 is 5.32 Å². The van der Waals surface area contributed by atoms with Crippen molar-refractivity contribution < 1.29 is 0 Å². The molecule has 82 valence electrons. The molecule has 0 amide bonds. The van der Waals surface area contributed by atoms with E-state index in [-0.39, 0.29) is 0 Å². The lowest BCUT2D eigenvalue weighted by atomic mass is 10.2. The van der Waals surface area contributed by atoms with Crippen LogP contribution in [-0.4, -0.2) is 37.1 Å². The number of hydrogen-bond donors (Lipinski definition) is 1. The second kappa shape index (κ2) is 6.20. The van der Waals surface area contributed by atoms with E-state index >= 15 is 0 Å². The lowest BCUT2D eigenvalue weighted by Gasteiger charge is -2.22. The molecule has 0 aromatic heterocycles. The van der Waals surface area contributed by atoms with Gasteiger partial charge >= 0.3 is 0 Å². The zero-order valence-corrected chi connectivity index (χ0v) is 9.84. The van der Waals surface area contributed by atoms with Gasteiger partial charge < -0.3 is 5.32 Å². The first-order chi connectivity index (χ1) is 6.72. The molecule has 1 unspecified atom stereocenters. The molecule has 1 fully saturated rings. The number of allylic oxidation sites excluding steroid dienone is 1. The minimum absolute atomic E-state index is 0.737. The summed E-state index contributed by atoms with van der Waals surface area (Å²) >= 11 is 0. The third-order valence-electron chi connectivity index (χ3n) is 2.85. The molecule has 0 aliphatic carbocycles. The zero-order valence-electron chi connectivity index (χ0n) is 9.84. The third kappa shape index (κ3) is 4.25. The van der Waals surface area contributed by atoms with Gasteiger partial charge in [-0.3, -0.25) is 4.90 Å². The van der Waals surface area contributed by atoms with E-state index in [1.54, 1.807) is 0 Å². The van der Waals surface area contributed by atoms with Gasteiger partial charge in [0.25, 0.3) is 0 Å². The van der Waals surface area contributed by atoms with Crippen molar-refractivity contribution in [3.63, 3.8) is 0 Å². The SMILES string of the molecule is CCN(CC=C(C)C)CC1CCCN1. The van der Waals surface area contributed by atoms with E-state index in [1.165, 1.54) is 31.5 Å². The number of nitrogens with one attached hydrogen (secondary N) is 1. The van der Waals surface area contributed by atoms with Crippen LogP contribution in [0.15, 0.2) is 11.6 Å². The summed E-state index contributed by atoms with van der Waals surface area (Å²) in [6.45, 7) is 11.3. The van der Waals surface area contributed by atoms with Gasteiger partial charge in [0.1, 0.15) is 0 Å². The predicted octanol–water partition coefficient (Wildman–Crippen LogP) is 2.03. The molecule has 2 heteroatoms. The zero-order chi connectivity index (χ0) is 10.4. The van der Waals surface area contributed by atoms with Crippen molar-refractivity contribution in [1.29, 1.82) is 0 Å². The molecule has 1 saturated heterocycles. The minimum atomic E-state index is 0.737. The van der Waals surface area contributed by atoms with E-state index in [1.807, 2.05) is 0 Å². The lowest BCUT2D eigenvalue weighted by Crippen LogP contribution is -2.37. The number of rotatable bonds is 5. The van der Waals surface area contributed by atoms with Crippen molar-refractivity contribution in [1.82, 2.24) is 10.2 Å². The molecular formula is C12H24N2. The Morgan fingerprint density at radius 3 is 2.79 bits per heavy atom. The van der Waals surface area contributed by atoms with Crippen molar-refractivity contribution in [2.24, 2.45) is 0 Å². The molecule has 2 nitrogen and oxygen atoms in total. The van der Waals surface area contributed by atoms with Gasteiger partial charge in [-0.1, -0.05) is 18.6 Å². The molecule has 0 spiro atoms. The van der Waals surface area contributed by atoms with E-state index in [9.17, 15) is 0 Å². The second-order valence-electron chi connectivity index (χ2n) is 4.43. The Bertz CT molecular complexity index is 177. The van der Waals surface area contributed by atoms with Crippen LogP contribution in [0.5, 0.6) is 0 Å². The fourth-order valence-electron chi connectivity index (χ4n) is 1.87. The van der Waals surface area contributed by atoms with Gasteiger partial charge in [0, 0.05) is 19.1 Å². The molecule has 0 radical (unpaired) electrons. The van der Waals surface area contributed by atoms with E-state index < -0.39 is 0 Å². The molecule has 1 rings (SSSR count). The van der Waals surface area contributed by atoms with Crippen LogP contribution in [0.3, 0.4) is 0 Å². The summed E-state index contributed by atoms with van der Waals surface area (Å²) < 4.78 is 0. The summed E-state index contributed by atoms with van der Waals surface area (Å²) in [5.41, 5.74) is 1.42. The van der Waals surface area contributed by atoms with Crippen LogP contribution in [0.25, 0.3) is 0 Å². The molecule has 0 bridgehead atoms. The van der Waals surface area contributed by atoms with Crippen LogP contribution >= 0.6 is 0 Å². The first kappa shape index (κ1) is 11.7. The monoisotopic (exact) mass is 196 g/mol. The van der Waals surface area contributed by atoms with Crippen molar-refractivity contribution in [2.75, 3.05) is 26.2 Å². The average Bonchev–Trinajstić information content (AvgIpc) is 2.64. The van der Waals surface area contributed by atoms with Gasteiger partial charge in [0.15, 0.2) is 0 Å². The topological polar surface area (TPSA) is 15.3 Å². The molecule has 1 heterocycles. The highest BCUT2D eigenvalue weighted by Crippen LogP contribution is 2.07. The Kier molecular flexibility index (Phi) is 5.20. The van der Waals surface area contributed by atoms with E-state index in [0.717, 1.165) is 19.1 Å². The quantitative estimate of drug-likeness (QED) is 0.677. The fraction of sp³-hybridized carbons (Fsp3) is 0.833. The normalized spacial score (nSPS) is 21.6. The Labute approximate surface area is 88.4 Å². The molecule has 1 N–H and O–H groups in total. The molecule has 0 aromatic carbocycles. The lowest BCUT2D eigenvalue weighted by molar-refractivity contribution is 0.286. The molecule has 1 atom stereocenters. The van der Waals surface area contributed by atoms with E-state index in [0.29, 0.717) is 0 Å². The molecule has 1 aliphatic rings. The number of likely N-dealkylation sites (N-methyl/N-ethyl adjacent to an activating group) is 1. The maximum Gasteiger partial charge on any atom is 0.0195 e. The molecule has 1 aliphatic heterocycles. The van der Waals surface area contributed by atoms with Crippen molar-refractivity contribution >= 4 is 0 Å². The maximum absolute atomic E-state index is 3.55. The Morgan fingerprint density at radius 2 is 2.29 bits per heavy atom. The Hall–Kier alpha value is -0.340. The summed E-state index contributed by atoms with van der Waals surface area (Å²) in [5.74, 6) is 0. The maximum atomic E-state index is 3.55. The van der Waals surface area contributed by atoms with Crippen molar-refractivity contribution in [3.05, 3.63) is 11.6 Å². The Morgan fingerprint density at radius 1 is 1.50 bits per heavy atom. The van der Waals surface area contributed by atoms with Crippen LogP contribution in [-0.2, 0) is 0 Å². The smallest absolute Gasteiger partial charge is 0.0195 e. The molecule has 14 heavy (non-hydrogen) atoms. The summed E-state index contributed by atoms with van der Waals surface area (Å²) in [5, 5.41) is 3.55. The first-order valence-corrected chi connectivity index (χ1v) is 5.81. The second-order valence-corrected chi connectivity index (χ2v) is 4.43. The standard InChI is InChI=1S/C12H24N2/c1-4-14(9-7-11(2)3)10-12-6-5-8-13-12/h7,12-13H,4-6,8-10H2,1-3H3. The van der Waals surface area contributed by atoms with Crippen LogP contribution in [0.1, 0.15) is 33.6 Å². The molecule has 0 saturated carbocycles. The summed E-state index contributed by atoms with van der Waals surface area (Å²) in [4.78, 5) is 2.51. The van der Waals surface area contributed by atoms with Crippen LogP contribution in [0.4, 0.5) is 0 Å². The van der Waals surface area contributed by atoms with Crippen LogP contribution in [0, 0.1) is 0 Å². The molecular weight excluding hydrogens is 172 g/mol. The highest BCUT2D eigenvalue weighted by Gasteiger charge is 2.16. The van der Waals surface area contributed by atoms with Gasteiger partial charge in [-0.15, -0.1) is 0 Å². The molecule has 0 aromatic rings. The predicted molar refractivity (Wildman–Crippen MR) is 62.6 cm³/mol. The highest BCUT2D eigenvalue weighted by atomic mass is 15.1. The highest BCUT2D eigenvalue weighted by molar-refractivity contribution is 4.95. The summed E-state index contributed by atoms with van der Waals surface area (Å²) in [6.07, 6.45) is 5.02. The van der Waals surface area contributed by atoms with Gasteiger partial charge in [0.05, 0.1) is 0 Å². The first-order valence-electron chi connectivity index (χ1n) is 5.81. The average molecular weight is 196 g/mol. The minimum Gasteiger partial charge on any atom is -0.313 e. The van der Waals surface area contributed by atoms with E-state index in [4.69, 9.17) is 0 Å². The van der Waals surface area contributed by atoms with Crippen LogP contribution in [0.2, 0.25) is 0 Å². The van der Waals surface area contributed by atoms with Gasteiger partial charge in [0.2, 0.25) is 0 Å². The van der Waals surface area contributed by atoms with Gasteiger partial charge in [-0.2, -0.15) is 0 Å². The van der Waals surface area contributed by atoms with Crippen molar-refractivity contribution in [3.8, 4) is 0 Å². The number of nitrogens with zero attached hydrogens (tertiary/aromatic N) is 1. The fourth-order valence-corrected chi connectivity index (χ4v) is 1.87. The van der Waals surface area contributed by atoms with Crippen molar-refractivity contribution in [2.45, 2.75) is 39.7 Å². The summed E-state index contributed by atoms with van der Waals surface area (Å²) in [7, 11) is 0.